The molecule has 0 N–H and O–H groups in total. The van der Waals surface area contributed by atoms with Gasteiger partial charge in [0, 0.05) is 36.8 Å². The third kappa shape index (κ3) is 4.90. The number of alkyl halides is 3. The van der Waals surface area contributed by atoms with Gasteiger partial charge in [-0.2, -0.15) is 18.4 Å². The van der Waals surface area contributed by atoms with Crippen LogP contribution in [0.15, 0.2) is 30.5 Å². The van der Waals surface area contributed by atoms with Crippen LogP contribution in [0.5, 0.6) is 0 Å². The maximum atomic E-state index is 13.9. The molecule has 0 amide bonds. The van der Waals surface area contributed by atoms with Gasteiger partial charge in [-0.3, -0.25) is 14.7 Å². The Morgan fingerprint density at radius 2 is 1.88 bits per heavy atom. The van der Waals surface area contributed by atoms with Gasteiger partial charge in [0.15, 0.2) is 5.78 Å². The smallest absolute Gasteiger partial charge is 0.370 e. The quantitative estimate of drug-likeness (QED) is 0.588. The third-order valence-corrected chi connectivity index (χ3v) is 7.51. The summed E-state index contributed by atoms with van der Waals surface area (Å²) in [7, 11) is 0. The Balaban J connectivity index is 1.61. The average molecular weight is 473 g/mol. The van der Waals surface area contributed by atoms with E-state index < -0.39 is 23.6 Å². The summed E-state index contributed by atoms with van der Waals surface area (Å²) in [5, 5.41) is 10.1. The Bertz CT molecular complexity index is 1090. The van der Waals surface area contributed by atoms with Crippen molar-refractivity contribution < 1.29 is 18.0 Å². The monoisotopic (exact) mass is 472 g/mol. The first-order valence-electron chi connectivity index (χ1n) is 12.0. The molecule has 2 aromatic rings. The molecule has 34 heavy (non-hydrogen) atoms. The van der Waals surface area contributed by atoms with Gasteiger partial charge in [0.05, 0.1) is 22.5 Å². The number of hydrogen-bond donors (Lipinski definition) is 0. The summed E-state index contributed by atoms with van der Waals surface area (Å²) in [6.07, 6.45) is 0.551. The van der Waals surface area contributed by atoms with Crippen LogP contribution in [-0.4, -0.2) is 53.6 Å². The van der Waals surface area contributed by atoms with Crippen molar-refractivity contribution in [2.24, 2.45) is 11.8 Å². The van der Waals surface area contributed by atoms with Crippen LogP contribution < -0.4 is 4.90 Å². The Morgan fingerprint density at radius 3 is 2.56 bits per heavy atom. The van der Waals surface area contributed by atoms with Gasteiger partial charge in [-0.05, 0) is 76.4 Å². The minimum Gasteiger partial charge on any atom is -0.370 e. The molecule has 0 bridgehead atoms. The van der Waals surface area contributed by atoms with Crippen LogP contribution in [0, 0.1) is 23.2 Å². The van der Waals surface area contributed by atoms with Gasteiger partial charge in [-0.25, -0.2) is 0 Å². The van der Waals surface area contributed by atoms with Gasteiger partial charge in [-0.1, -0.05) is 6.42 Å². The van der Waals surface area contributed by atoms with Crippen LogP contribution in [-0.2, 0) is 4.79 Å². The molecule has 2 aliphatic heterocycles. The molecule has 0 unspecified atom stereocenters. The van der Waals surface area contributed by atoms with Crippen molar-refractivity contribution in [3.63, 3.8) is 0 Å². The summed E-state index contributed by atoms with van der Waals surface area (Å²) < 4.78 is 41.8. The minimum absolute atomic E-state index is 0.00790. The Morgan fingerprint density at radius 1 is 1.15 bits per heavy atom. The molecule has 2 saturated heterocycles. The standard InChI is InChI=1S/C26H31F3N4O/c1-25(2,33-11-4-3-5-12-33)23(34)14-18-13-20(26(27,28)29)17-32(16-18)22-9-8-19(15-30)24-21(22)7-6-10-31-24/h6-10,18,20H,3-5,11-14,16-17H2,1-2H3/t18-,20-/m0/s1. The maximum Gasteiger partial charge on any atom is 0.393 e. The lowest BCUT2D eigenvalue weighted by Crippen LogP contribution is -2.53. The zero-order valence-corrected chi connectivity index (χ0v) is 19.7. The summed E-state index contributed by atoms with van der Waals surface area (Å²) in [6, 6.07) is 8.93. The molecule has 5 nitrogen and oxygen atoms in total. The number of aromatic nitrogens is 1. The van der Waals surface area contributed by atoms with Crippen molar-refractivity contribution in [1.82, 2.24) is 9.88 Å². The number of carbonyl (C=O) groups excluding carboxylic acids is 1. The lowest BCUT2D eigenvalue weighted by atomic mass is 9.81. The van der Waals surface area contributed by atoms with E-state index >= 15 is 0 Å². The van der Waals surface area contributed by atoms with Gasteiger partial charge >= 0.3 is 6.18 Å². The number of anilines is 1. The first-order chi connectivity index (χ1) is 16.1. The number of nitrogens with zero attached hydrogens (tertiary/aromatic N) is 4. The van der Waals surface area contributed by atoms with Crippen LogP contribution in [0.3, 0.4) is 0 Å². The zero-order chi connectivity index (χ0) is 24.5. The van der Waals surface area contributed by atoms with Crippen molar-refractivity contribution in [1.29, 1.82) is 5.26 Å². The SMILES string of the molecule is CC(C)(C(=O)C[C@@H]1C[C@H](C(F)(F)F)CN(c2ccc(C#N)c3ncccc23)C1)N1CCCCC1. The van der Waals surface area contributed by atoms with Crippen LogP contribution >= 0.6 is 0 Å². The van der Waals surface area contributed by atoms with Crippen molar-refractivity contribution in [2.45, 2.75) is 57.7 Å². The van der Waals surface area contributed by atoms with Gasteiger partial charge < -0.3 is 4.90 Å². The molecule has 3 heterocycles. The highest BCUT2D eigenvalue weighted by Gasteiger charge is 2.46. The van der Waals surface area contributed by atoms with Crippen LogP contribution in [0.1, 0.15) is 51.5 Å². The first kappa shape index (κ1) is 24.5. The Labute approximate surface area is 198 Å². The minimum atomic E-state index is -4.34. The van der Waals surface area contributed by atoms with Gasteiger partial charge in [0.1, 0.15) is 6.07 Å². The highest BCUT2D eigenvalue weighted by molar-refractivity contribution is 5.95. The van der Waals surface area contributed by atoms with Crippen molar-refractivity contribution in [2.75, 3.05) is 31.1 Å². The van der Waals surface area contributed by atoms with Crippen molar-refractivity contribution >= 4 is 22.4 Å². The van der Waals surface area contributed by atoms with E-state index in [1.807, 2.05) is 13.8 Å². The maximum absolute atomic E-state index is 13.9. The second-order valence-electron chi connectivity index (χ2n) is 10.1. The fraction of sp³-hybridized carbons (Fsp3) is 0.577. The number of nitriles is 1. The molecule has 1 aromatic carbocycles. The van der Waals surface area contributed by atoms with E-state index in [1.54, 1.807) is 35.4 Å². The summed E-state index contributed by atoms with van der Waals surface area (Å²) in [6.45, 7) is 5.71. The number of piperidine rings is 2. The molecule has 0 saturated carbocycles. The van der Waals surface area contributed by atoms with Crippen molar-refractivity contribution in [3.05, 3.63) is 36.0 Å². The topological polar surface area (TPSA) is 60.2 Å². The molecule has 0 aliphatic carbocycles. The molecule has 2 fully saturated rings. The highest BCUT2D eigenvalue weighted by atomic mass is 19.4. The van der Waals surface area contributed by atoms with E-state index in [2.05, 4.69) is 16.0 Å². The number of Topliss-reactive ketones (excluding diaryl/α,β-unsaturated/α-hetero) is 1. The second kappa shape index (κ2) is 9.53. The predicted octanol–water partition coefficient (Wildman–Crippen LogP) is 5.33. The number of benzene rings is 1. The summed E-state index contributed by atoms with van der Waals surface area (Å²) in [5.74, 6) is -1.91. The number of likely N-dealkylation sites (tertiary alicyclic amines) is 1. The largest absolute Gasteiger partial charge is 0.393 e. The number of pyridine rings is 1. The highest BCUT2D eigenvalue weighted by Crippen LogP contribution is 2.40. The fourth-order valence-electron chi connectivity index (χ4n) is 5.45. The van der Waals surface area contributed by atoms with E-state index in [4.69, 9.17) is 0 Å². The zero-order valence-electron chi connectivity index (χ0n) is 19.7. The molecular weight excluding hydrogens is 441 g/mol. The number of hydrogen-bond acceptors (Lipinski definition) is 5. The Hall–Kier alpha value is -2.66. The number of halogens is 3. The van der Waals surface area contributed by atoms with E-state index in [-0.39, 0.29) is 25.2 Å². The first-order valence-corrected chi connectivity index (χ1v) is 12.0. The molecule has 0 radical (unpaired) electrons. The molecule has 2 aliphatic rings. The number of rotatable bonds is 5. The molecule has 2 atom stereocenters. The molecule has 4 rings (SSSR count). The summed E-state index contributed by atoms with van der Waals surface area (Å²) in [4.78, 5) is 21.6. The summed E-state index contributed by atoms with van der Waals surface area (Å²) in [5.41, 5.74) is 0.819. The third-order valence-electron chi connectivity index (χ3n) is 7.51. The van der Waals surface area contributed by atoms with Crippen LogP contribution in [0.2, 0.25) is 0 Å². The van der Waals surface area contributed by atoms with Gasteiger partial charge in [0.2, 0.25) is 0 Å². The number of carbonyl (C=O) groups is 1. The fourth-order valence-corrected chi connectivity index (χ4v) is 5.45. The molecule has 1 aromatic heterocycles. The average Bonchev–Trinajstić information content (AvgIpc) is 2.83. The van der Waals surface area contributed by atoms with Gasteiger partial charge in [0.25, 0.3) is 0 Å². The molecule has 0 spiro atoms. The van der Waals surface area contributed by atoms with Gasteiger partial charge in [-0.15, -0.1) is 0 Å². The molecule has 8 heteroatoms. The molecule has 182 valence electrons. The predicted molar refractivity (Wildman–Crippen MR) is 125 cm³/mol. The second-order valence-corrected chi connectivity index (χ2v) is 10.1. The Kier molecular flexibility index (Phi) is 6.86. The van der Waals surface area contributed by atoms with Crippen LogP contribution in [0.4, 0.5) is 18.9 Å². The lowest BCUT2D eigenvalue weighted by Gasteiger charge is -2.43. The molecular formula is C26H31F3N4O. The number of ketones is 1. The van der Waals surface area contributed by atoms with Crippen molar-refractivity contribution in [3.8, 4) is 6.07 Å². The van der Waals surface area contributed by atoms with Crippen LogP contribution in [0.25, 0.3) is 10.9 Å². The van der Waals surface area contributed by atoms with E-state index in [0.29, 0.717) is 28.7 Å². The summed E-state index contributed by atoms with van der Waals surface area (Å²) >= 11 is 0. The lowest BCUT2D eigenvalue weighted by molar-refractivity contribution is -0.180. The van der Waals surface area contributed by atoms with E-state index in [1.165, 1.54) is 0 Å². The van der Waals surface area contributed by atoms with E-state index in [9.17, 15) is 23.2 Å². The van der Waals surface area contributed by atoms with E-state index in [0.717, 1.165) is 32.4 Å². The number of fused-ring (bicyclic) bond motifs is 1. The normalized spacial score (nSPS) is 22.5.